The van der Waals surface area contributed by atoms with Gasteiger partial charge in [-0.2, -0.15) is 0 Å². The van der Waals surface area contributed by atoms with Crippen LogP contribution in [0.2, 0.25) is 0 Å². The van der Waals surface area contributed by atoms with Gasteiger partial charge >= 0.3 is 0 Å². The minimum Gasteiger partial charge on any atom is -0.218 e. The fourth-order valence-corrected chi connectivity index (χ4v) is 1.42. The van der Waals surface area contributed by atoms with Crippen LogP contribution in [0.3, 0.4) is 0 Å². The Hall–Kier alpha value is 0.910. The minimum absolute atomic E-state index is 0. The molecule has 0 heterocycles. The van der Waals surface area contributed by atoms with Crippen LogP contribution < -0.4 is 4.72 Å². The fraction of sp³-hybridized carbons (Fsp3) is 1.00. The first kappa shape index (κ1) is 16.3. The molecule has 0 aromatic rings. The van der Waals surface area contributed by atoms with Crippen molar-refractivity contribution in [2.45, 2.75) is 45.4 Å². The molecule has 0 unspecified atom stereocenters. The molecule has 0 saturated heterocycles. The Labute approximate surface area is 105 Å². The maximum Gasteiger partial charge on any atom is 0.201 e. The summed E-state index contributed by atoms with van der Waals surface area (Å²) in [6, 6.07) is 0. The number of rotatable bonds is 8. The second-order valence-electron chi connectivity index (χ2n) is 2.93. The predicted octanol–water partition coefficient (Wildman–Crippen LogP) is 1.08. The number of hydrogen-bond acceptors (Lipinski definition) is 2. The van der Waals surface area contributed by atoms with Crippen LogP contribution in [-0.4, -0.2) is 44.5 Å². The molecule has 0 aliphatic carbocycles. The topological polar surface area (TPSA) is 46.2 Å². The van der Waals surface area contributed by atoms with Gasteiger partial charge in [0.2, 0.25) is 10.9 Å². The summed E-state index contributed by atoms with van der Waals surface area (Å²) >= 11 is 0. The largest absolute Gasteiger partial charge is 0.218 e. The Bertz CT molecular complexity index is 154. The van der Waals surface area contributed by atoms with Gasteiger partial charge in [0.25, 0.3) is 0 Å². The smallest absolute Gasteiger partial charge is 0.201 e. The first-order valence-electron chi connectivity index (χ1n) is 4.65. The van der Waals surface area contributed by atoms with Gasteiger partial charge in [0.1, 0.15) is 0 Å². The van der Waals surface area contributed by atoms with E-state index in [4.69, 9.17) is 0 Å². The van der Waals surface area contributed by atoms with Crippen LogP contribution in [-0.2, 0) is 10.9 Å². The molecule has 5 heteroatoms. The standard InChI is InChI=1S/C8H19NO2S.Na/c1-2-3-4-5-6-7-8-9-12(10)11;/h12H,2-8H2,1H3,(H,9,10,11);. The van der Waals surface area contributed by atoms with E-state index in [0.29, 0.717) is 6.54 Å². The second-order valence-corrected chi connectivity index (χ2v) is 3.76. The Morgan fingerprint density at radius 1 is 1.00 bits per heavy atom. The molecular formula is C8H19NNaO2S. The maximum absolute atomic E-state index is 10.1. The van der Waals surface area contributed by atoms with E-state index in [-0.39, 0.29) is 29.6 Å². The van der Waals surface area contributed by atoms with Gasteiger partial charge in [-0.1, -0.05) is 39.0 Å². The van der Waals surface area contributed by atoms with Crippen molar-refractivity contribution >= 4 is 40.4 Å². The van der Waals surface area contributed by atoms with Gasteiger partial charge in [-0.15, -0.1) is 0 Å². The van der Waals surface area contributed by atoms with Crippen LogP contribution >= 0.6 is 0 Å². The van der Waals surface area contributed by atoms with E-state index in [1.165, 1.54) is 25.7 Å². The Balaban J connectivity index is 0. The van der Waals surface area contributed by atoms with E-state index in [9.17, 15) is 8.42 Å². The summed E-state index contributed by atoms with van der Waals surface area (Å²) < 4.78 is 22.5. The molecule has 0 aromatic heterocycles. The third kappa shape index (κ3) is 15.6. The summed E-state index contributed by atoms with van der Waals surface area (Å²) in [4.78, 5) is 0. The normalized spacial score (nSPS) is 10.0. The van der Waals surface area contributed by atoms with Crippen molar-refractivity contribution < 1.29 is 8.42 Å². The fourth-order valence-electron chi connectivity index (χ4n) is 1.08. The van der Waals surface area contributed by atoms with Crippen LogP contribution in [0.1, 0.15) is 45.4 Å². The zero-order valence-corrected chi connectivity index (χ0v) is 11.6. The van der Waals surface area contributed by atoms with E-state index in [1.807, 2.05) is 0 Å². The molecule has 0 fully saturated rings. The van der Waals surface area contributed by atoms with Crippen molar-refractivity contribution in [1.82, 2.24) is 4.72 Å². The number of hydrogen-bond donors (Lipinski definition) is 2. The van der Waals surface area contributed by atoms with E-state index < -0.39 is 10.9 Å². The maximum atomic E-state index is 10.1. The third-order valence-electron chi connectivity index (χ3n) is 1.77. The quantitative estimate of drug-likeness (QED) is 0.362. The van der Waals surface area contributed by atoms with E-state index in [2.05, 4.69) is 11.6 Å². The SMILES string of the molecule is CCCCCCCCN[SH](=O)=O.[Na]. The molecule has 0 atom stereocenters. The summed E-state index contributed by atoms with van der Waals surface area (Å²) in [5, 5.41) is 0. The second kappa shape index (κ2) is 12.9. The molecule has 0 aromatic carbocycles. The average molecular weight is 216 g/mol. The number of thiol groups is 1. The molecule has 0 aliphatic rings. The number of unbranched alkanes of at least 4 members (excludes halogenated alkanes) is 5. The van der Waals surface area contributed by atoms with Crippen molar-refractivity contribution in [3.8, 4) is 0 Å². The molecule has 3 nitrogen and oxygen atoms in total. The summed E-state index contributed by atoms with van der Waals surface area (Å²) in [6.45, 7) is 2.79. The van der Waals surface area contributed by atoms with Crippen molar-refractivity contribution in [2.24, 2.45) is 0 Å². The zero-order valence-electron chi connectivity index (χ0n) is 8.71. The van der Waals surface area contributed by atoms with Crippen LogP contribution in [0.4, 0.5) is 0 Å². The molecule has 1 radical (unpaired) electrons. The first-order valence-corrected chi connectivity index (χ1v) is 5.83. The van der Waals surface area contributed by atoms with Gasteiger partial charge in [0.15, 0.2) is 0 Å². The van der Waals surface area contributed by atoms with Gasteiger partial charge in [-0.25, -0.2) is 13.1 Å². The zero-order chi connectivity index (χ0) is 9.23. The Kier molecular flexibility index (Phi) is 16.2. The monoisotopic (exact) mass is 216 g/mol. The third-order valence-corrected chi connectivity index (χ3v) is 2.25. The van der Waals surface area contributed by atoms with Crippen LogP contribution in [0.25, 0.3) is 0 Å². The molecule has 0 amide bonds. The molecule has 0 saturated carbocycles. The van der Waals surface area contributed by atoms with Gasteiger partial charge in [-0.05, 0) is 6.42 Å². The summed E-state index contributed by atoms with van der Waals surface area (Å²) in [6.07, 6.45) is 7.16. The Morgan fingerprint density at radius 3 is 2.08 bits per heavy atom. The van der Waals surface area contributed by atoms with Crippen LogP contribution in [0.15, 0.2) is 0 Å². The first-order chi connectivity index (χ1) is 5.77. The molecule has 1 N–H and O–H groups in total. The van der Waals surface area contributed by atoms with E-state index in [1.54, 1.807) is 0 Å². The summed E-state index contributed by atoms with van der Waals surface area (Å²) in [7, 11) is -2.38. The average Bonchev–Trinajstić information content (AvgIpc) is 2.02. The van der Waals surface area contributed by atoms with E-state index >= 15 is 0 Å². The van der Waals surface area contributed by atoms with Crippen molar-refractivity contribution in [3.05, 3.63) is 0 Å². The van der Waals surface area contributed by atoms with Gasteiger partial charge in [-0.3, -0.25) is 0 Å². The number of nitrogens with one attached hydrogen (secondary N) is 1. The van der Waals surface area contributed by atoms with Crippen LogP contribution in [0.5, 0.6) is 0 Å². The summed E-state index contributed by atoms with van der Waals surface area (Å²) in [5.74, 6) is 0. The molecule has 0 rings (SSSR count). The van der Waals surface area contributed by atoms with Crippen molar-refractivity contribution in [3.63, 3.8) is 0 Å². The van der Waals surface area contributed by atoms with Crippen molar-refractivity contribution in [2.75, 3.05) is 6.54 Å². The predicted molar refractivity (Wildman–Crippen MR) is 57.4 cm³/mol. The van der Waals surface area contributed by atoms with E-state index in [0.717, 1.165) is 12.8 Å². The Morgan fingerprint density at radius 2 is 1.54 bits per heavy atom. The van der Waals surface area contributed by atoms with Gasteiger partial charge < -0.3 is 0 Å². The van der Waals surface area contributed by atoms with Crippen molar-refractivity contribution in [1.29, 1.82) is 0 Å². The molecular weight excluding hydrogens is 197 g/mol. The van der Waals surface area contributed by atoms with Crippen LogP contribution in [0, 0.1) is 0 Å². The van der Waals surface area contributed by atoms with Gasteiger partial charge in [0.05, 0.1) is 0 Å². The minimum atomic E-state index is -2.38. The molecule has 0 bridgehead atoms. The molecule has 0 aliphatic heterocycles. The molecule has 13 heavy (non-hydrogen) atoms. The van der Waals surface area contributed by atoms with Gasteiger partial charge in [0, 0.05) is 36.1 Å². The molecule has 75 valence electrons. The molecule has 0 spiro atoms. The summed E-state index contributed by atoms with van der Waals surface area (Å²) in [5.41, 5.74) is 0.